The number of nitrogens with two attached hydrogens (primary N) is 1. The zero-order valence-corrected chi connectivity index (χ0v) is 10.5. The molecule has 19 heavy (non-hydrogen) atoms. The Morgan fingerprint density at radius 1 is 0.895 bits per heavy atom. The third-order valence-corrected chi connectivity index (χ3v) is 1.42. The first kappa shape index (κ1) is 22.5. The maximum Gasteiger partial charge on any atom is 0.114 e. The van der Waals surface area contributed by atoms with Crippen LogP contribution in [0.3, 0.4) is 0 Å². The minimum absolute atomic E-state index is 0. The van der Waals surface area contributed by atoms with Gasteiger partial charge >= 0.3 is 0 Å². The van der Waals surface area contributed by atoms with Crippen molar-refractivity contribution in [2.75, 3.05) is 6.54 Å². The van der Waals surface area contributed by atoms with Crippen LogP contribution in [0.25, 0.3) is 0 Å². The molecule has 0 bridgehead atoms. The van der Waals surface area contributed by atoms with E-state index in [1.807, 2.05) is 0 Å². The Morgan fingerprint density at radius 3 is 1.26 bits per heavy atom. The Bertz CT molecular complexity index is 327. The van der Waals surface area contributed by atoms with Crippen molar-refractivity contribution in [1.82, 2.24) is 0 Å². The van der Waals surface area contributed by atoms with E-state index in [1.54, 1.807) is 0 Å². The topological polar surface area (TPSA) is 207 Å². The van der Waals surface area contributed by atoms with Gasteiger partial charge < -0.3 is 50.4 Å². The fourth-order valence-corrected chi connectivity index (χ4v) is 0.684. The summed E-state index contributed by atoms with van der Waals surface area (Å²) in [6, 6.07) is 0. The van der Waals surface area contributed by atoms with E-state index >= 15 is 0 Å². The molecule has 1 radical (unpaired) electrons. The van der Waals surface area contributed by atoms with Gasteiger partial charge in [-0.2, -0.15) is 0 Å². The van der Waals surface area contributed by atoms with Crippen molar-refractivity contribution in [2.45, 2.75) is 18.4 Å². The first-order chi connectivity index (χ1) is 8.05. The number of hydrogen-bond acceptors (Lipinski definition) is 10. The molecular formula is C8H9MnNO9-4. The first-order valence-corrected chi connectivity index (χ1v) is 4.28. The van der Waals surface area contributed by atoms with E-state index in [9.17, 15) is 29.7 Å². The summed E-state index contributed by atoms with van der Waals surface area (Å²) in [7, 11) is 0. The molecule has 0 aromatic heterocycles. The van der Waals surface area contributed by atoms with Crippen molar-refractivity contribution < 1.29 is 61.8 Å². The third-order valence-electron chi connectivity index (χ3n) is 1.42. The number of hydrogen-bond donors (Lipinski definition) is 2. The van der Waals surface area contributed by atoms with E-state index in [0.717, 1.165) is 0 Å². The summed E-state index contributed by atoms with van der Waals surface area (Å²) in [6.07, 6.45) is -2.72. The molecule has 10 nitrogen and oxygen atoms in total. The van der Waals surface area contributed by atoms with Crippen LogP contribution in [0.2, 0.25) is 0 Å². The second-order valence-corrected chi connectivity index (χ2v) is 2.99. The predicted octanol–water partition coefficient (Wildman–Crippen LogP) is -7.56. The van der Waals surface area contributed by atoms with E-state index in [-0.39, 0.29) is 23.6 Å². The molecule has 0 fully saturated rings. The van der Waals surface area contributed by atoms with Gasteiger partial charge in [-0.1, -0.05) is 0 Å². The van der Waals surface area contributed by atoms with Crippen LogP contribution in [0.15, 0.2) is 0 Å². The molecule has 0 aliphatic heterocycles. The predicted molar refractivity (Wildman–Crippen MR) is 43.3 cm³/mol. The Labute approximate surface area is 117 Å². The molecule has 11 heteroatoms. The molecule has 0 unspecified atom stereocenters. The quantitative estimate of drug-likeness (QED) is 0.442. The average Bonchev–Trinajstić information content (AvgIpc) is 2.15. The molecule has 0 aromatic rings. The Kier molecular flexibility index (Phi) is 12.1. The van der Waals surface area contributed by atoms with Crippen LogP contribution >= 0.6 is 0 Å². The van der Waals surface area contributed by atoms with E-state index in [1.165, 1.54) is 0 Å². The van der Waals surface area contributed by atoms with E-state index in [0.29, 0.717) is 0 Å². The molecule has 0 rings (SSSR count). The van der Waals surface area contributed by atoms with Crippen LogP contribution in [0.4, 0.5) is 0 Å². The molecule has 0 atom stereocenters. The molecule has 0 aliphatic carbocycles. The van der Waals surface area contributed by atoms with Gasteiger partial charge in [0.1, 0.15) is 5.60 Å². The summed E-state index contributed by atoms with van der Waals surface area (Å²) < 4.78 is 0. The largest absolute Gasteiger partial charge is 0.550 e. The Hall–Kier alpha value is -1.68. The smallest absolute Gasteiger partial charge is 0.114 e. The van der Waals surface area contributed by atoms with Crippen molar-refractivity contribution in [3.8, 4) is 0 Å². The Morgan fingerprint density at radius 2 is 1.16 bits per heavy atom. The van der Waals surface area contributed by atoms with Crippen LogP contribution < -0.4 is 26.2 Å². The van der Waals surface area contributed by atoms with Gasteiger partial charge in [-0.3, -0.25) is 0 Å². The molecule has 0 saturated carbocycles. The van der Waals surface area contributed by atoms with Gasteiger partial charge in [0.15, 0.2) is 0 Å². The van der Waals surface area contributed by atoms with Crippen LogP contribution in [0.1, 0.15) is 12.8 Å². The number of carbonyl (C=O) groups is 4. The minimum Gasteiger partial charge on any atom is -0.550 e. The molecule has 0 aromatic carbocycles. The summed E-state index contributed by atoms with van der Waals surface area (Å²) >= 11 is 0. The van der Waals surface area contributed by atoms with Gasteiger partial charge in [0, 0.05) is 48.4 Å². The first-order valence-electron chi connectivity index (χ1n) is 4.28. The number of carboxylic acid groups (broad SMARTS) is 4. The monoisotopic (exact) mass is 318 g/mol. The maximum atomic E-state index is 10.1. The standard InChI is InChI=1S/C6H8O7.C2H5NO2.Mn/c7-3(8)1-6(13,5(11)12)2-4(9)10;3-1-2(4)5;/h13H,1-2H2,(H,7,8)(H,9,10)(H,11,12);1,3H2,(H,4,5);/p-4. The molecule has 0 aliphatic rings. The van der Waals surface area contributed by atoms with Crippen molar-refractivity contribution in [1.29, 1.82) is 0 Å². The number of aliphatic carboxylic acids is 4. The van der Waals surface area contributed by atoms with Crippen molar-refractivity contribution in [3.05, 3.63) is 0 Å². The molecule has 3 N–H and O–H groups in total. The third kappa shape index (κ3) is 12.6. The van der Waals surface area contributed by atoms with E-state index < -0.39 is 42.3 Å². The van der Waals surface area contributed by atoms with Crippen molar-refractivity contribution in [2.24, 2.45) is 5.73 Å². The fourth-order valence-electron chi connectivity index (χ4n) is 0.684. The van der Waals surface area contributed by atoms with Crippen LogP contribution in [-0.4, -0.2) is 41.1 Å². The van der Waals surface area contributed by atoms with Gasteiger partial charge in [-0.25, -0.2) is 0 Å². The number of carbonyl (C=O) groups excluding carboxylic acids is 4. The second kappa shape index (κ2) is 10.3. The summed E-state index contributed by atoms with van der Waals surface area (Å²) in [5.41, 5.74) is 1.53. The van der Waals surface area contributed by atoms with Gasteiger partial charge in [0.25, 0.3) is 0 Å². The SMILES string of the molecule is NCC(=O)[O-].O=C([O-])CC(O)(CC(=O)[O-])C(=O)[O-].[Mn]. The van der Waals surface area contributed by atoms with Gasteiger partial charge in [0.05, 0.1) is 11.9 Å². The van der Waals surface area contributed by atoms with E-state index in [4.69, 9.17) is 15.0 Å². The van der Waals surface area contributed by atoms with Crippen LogP contribution in [-0.2, 0) is 36.2 Å². The maximum absolute atomic E-state index is 10.1. The molecular weight excluding hydrogens is 309 g/mol. The summed E-state index contributed by atoms with van der Waals surface area (Å²) in [6.45, 7) is -0.389. The molecule has 0 saturated heterocycles. The Balaban J connectivity index is -0.000000366. The molecule has 0 spiro atoms. The molecule has 0 amide bonds. The van der Waals surface area contributed by atoms with Crippen LogP contribution in [0.5, 0.6) is 0 Å². The van der Waals surface area contributed by atoms with Gasteiger partial charge in [-0.05, 0) is 0 Å². The number of carboxylic acids is 4. The summed E-state index contributed by atoms with van der Waals surface area (Å²) in [4.78, 5) is 39.1. The molecule has 0 heterocycles. The second-order valence-electron chi connectivity index (χ2n) is 2.99. The van der Waals surface area contributed by atoms with Gasteiger partial charge in [-0.15, -0.1) is 0 Å². The van der Waals surface area contributed by atoms with Gasteiger partial charge in [0.2, 0.25) is 0 Å². The zero-order chi connectivity index (χ0) is 14.9. The van der Waals surface area contributed by atoms with Crippen LogP contribution in [0, 0.1) is 0 Å². The minimum atomic E-state index is -2.97. The van der Waals surface area contributed by atoms with Crippen molar-refractivity contribution >= 4 is 23.9 Å². The summed E-state index contributed by atoms with van der Waals surface area (Å²) in [5, 5.41) is 48.1. The number of aliphatic hydroxyl groups is 1. The average molecular weight is 318 g/mol. The van der Waals surface area contributed by atoms with E-state index in [2.05, 4.69) is 5.73 Å². The zero-order valence-electron chi connectivity index (χ0n) is 9.29. The normalized spacial score (nSPS) is 9.37. The summed E-state index contributed by atoms with van der Waals surface area (Å²) in [5.74, 6) is -7.20. The van der Waals surface area contributed by atoms with Crippen molar-refractivity contribution in [3.63, 3.8) is 0 Å². The fraction of sp³-hybridized carbons (Fsp3) is 0.500. The molecule has 111 valence electrons. The number of rotatable bonds is 6.